The Hall–Kier alpha value is -3.42. The summed E-state index contributed by atoms with van der Waals surface area (Å²) in [5.41, 5.74) is 4.82. The molecule has 5 rings (SSSR count). The zero-order valence-corrected chi connectivity index (χ0v) is 19.9. The standard InChI is InChI=1S/C26H22N4OS2/c1-17-22(25-28-24(29-31-25)19-13-15-21(33-2)16-14-19)23(18-9-5-3-6-10-18)27-26(32)30(17)20-11-7-4-8-12-20/h3-16,23H,1-2H3,(H,27,32). The van der Waals surface area contributed by atoms with Gasteiger partial charge in [0.25, 0.3) is 5.89 Å². The molecule has 0 saturated heterocycles. The van der Waals surface area contributed by atoms with Crippen LogP contribution in [0.3, 0.4) is 0 Å². The highest BCUT2D eigenvalue weighted by molar-refractivity contribution is 7.98. The molecule has 5 nitrogen and oxygen atoms in total. The SMILES string of the molecule is CSc1ccc(-c2noc(C3=C(C)N(c4ccccc4)C(=S)NC3c3ccccc3)n2)cc1. The second kappa shape index (κ2) is 9.21. The molecule has 1 aliphatic heterocycles. The molecule has 1 unspecified atom stereocenters. The van der Waals surface area contributed by atoms with Gasteiger partial charge in [-0.2, -0.15) is 4.98 Å². The molecule has 0 radical (unpaired) electrons. The lowest BCUT2D eigenvalue weighted by atomic mass is 9.94. The van der Waals surface area contributed by atoms with Crippen molar-refractivity contribution in [1.82, 2.24) is 15.5 Å². The highest BCUT2D eigenvalue weighted by Crippen LogP contribution is 2.39. The number of nitrogens with one attached hydrogen (secondary N) is 1. The minimum Gasteiger partial charge on any atom is -0.351 e. The van der Waals surface area contributed by atoms with Crippen molar-refractivity contribution in [2.24, 2.45) is 0 Å². The molecular weight excluding hydrogens is 448 g/mol. The Bertz CT molecular complexity index is 1300. The lowest BCUT2D eigenvalue weighted by Crippen LogP contribution is -2.46. The fourth-order valence-corrected chi connectivity index (χ4v) is 4.76. The molecule has 33 heavy (non-hydrogen) atoms. The van der Waals surface area contributed by atoms with Crippen LogP contribution in [0.1, 0.15) is 24.4 Å². The highest BCUT2D eigenvalue weighted by Gasteiger charge is 2.34. The fraction of sp³-hybridized carbons (Fsp3) is 0.115. The van der Waals surface area contributed by atoms with Gasteiger partial charge in [-0.1, -0.05) is 53.7 Å². The molecule has 1 aromatic heterocycles. The summed E-state index contributed by atoms with van der Waals surface area (Å²) < 4.78 is 5.82. The summed E-state index contributed by atoms with van der Waals surface area (Å²) in [6.45, 7) is 2.04. The summed E-state index contributed by atoms with van der Waals surface area (Å²) >= 11 is 7.48. The molecular formula is C26H22N4OS2. The van der Waals surface area contributed by atoms with Gasteiger partial charge < -0.3 is 9.84 Å². The van der Waals surface area contributed by atoms with Crippen molar-refractivity contribution in [2.45, 2.75) is 17.9 Å². The largest absolute Gasteiger partial charge is 0.351 e. The number of anilines is 1. The smallest absolute Gasteiger partial charge is 0.258 e. The number of aromatic nitrogens is 2. The molecule has 0 bridgehead atoms. The molecule has 0 aliphatic carbocycles. The number of thioether (sulfide) groups is 1. The zero-order chi connectivity index (χ0) is 22.8. The molecule has 2 heterocycles. The molecule has 164 valence electrons. The number of rotatable bonds is 5. The second-order valence-electron chi connectivity index (χ2n) is 7.61. The molecule has 0 saturated carbocycles. The van der Waals surface area contributed by atoms with Crippen LogP contribution in [0.2, 0.25) is 0 Å². The molecule has 1 atom stereocenters. The monoisotopic (exact) mass is 470 g/mol. The number of hydrogen-bond acceptors (Lipinski definition) is 5. The van der Waals surface area contributed by atoms with Crippen molar-refractivity contribution in [3.63, 3.8) is 0 Å². The molecule has 1 aliphatic rings. The second-order valence-corrected chi connectivity index (χ2v) is 8.88. The van der Waals surface area contributed by atoms with Crippen LogP contribution in [-0.2, 0) is 0 Å². The number of para-hydroxylation sites is 1. The van der Waals surface area contributed by atoms with E-state index in [0.717, 1.165) is 28.1 Å². The first-order valence-electron chi connectivity index (χ1n) is 10.6. The maximum atomic E-state index is 5.82. The van der Waals surface area contributed by atoms with E-state index in [9.17, 15) is 0 Å². The van der Waals surface area contributed by atoms with Crippen LogP contribution < -0.4 is 10.2 Å². The third kappa shape index (κ3) is 4.17. The highest BCUT2D eigenvalue weighted by atomic mass is 32.2. The van der Waals surface area contributed by atoms with Gasteiger partial charge in [0, 0.05) is 21.8 Å². The lowest BCUT2D eigenvalue weighted by molar-refractivity contribution is 0.404. The Balaban J connectivity index is 1.62. The third-order valence-corrected chi connectivity index (χ3v) is 6.68. The summed E-state index contributed by atoms with van der Waals surface area (Å²) in [4.78, 5) is 7.99. The molecule has 3 aromatic carbocycles. The average molecular weight is 471 g/mol. The fourth-order valence-electron chi connectivity index (χ4n) is 3.99. The van der Waals surface area contributed by atoms with Crippen LogP contribution in [0.5, 0.6) is 0 Å². The van der Waals surface area contributed by atoms with Crippen molar-refractivity contribution >= 4 is 40.4 Å². The Kier molecular flexibility index (Phi) is 5.98. The maximum Gasteiger partial charge on any atom is 0.258 e. The van der Waals surface area contributed by atoms with Crippen LogP contribution >= 0.6 is 24.0 Å². The molecule has 0 fully saturated rings. The van der Waals surface area contributed by atoms with Crippen molar-refractivity contribution in [1.29, 1.82) is 0 Å². The summed E-state index contributed by atoms with van der Waals surface area (Å²) in [6.07, 6.45) is 2.05. The van der Waals surface area contributed by atoms with Crippen LogP contribution in [0.4, 0.5) is 5.69 Å². The van der Waals surface area contributed by atoms with Crippen molar-refractivity contribution in [3.8, 4) is 11.4 Å². The van der Waals surface area contributed by atoms with Gasteiger partial charge in [-0.3, -0.25) is 4.90 Å². The van der Waals surface area contributed by atoms with Gasteiger partial charge in [0.15, 0.2) is 5.11 Å². The topological polar surface area (TPSA) is 54.2 Å². The van der Waals surface area contributed by atoms with E-state index >= 15 is 0 Å². The van der Waals surface area contributed by atoms with Crippen LogP contribution in [-0.4, -0.2) is 21.5 Å². The van der Waals surface area contributed by atoms with Gasteiger partial charge in [0.2, 0.25) is 5.82 Å². The number of nitrogens with zero attached hydrogens (tertiary/aromatic N) is 3. The predicted octanol–water partition coefficient (Wildman–Crippen LogP) is 6.33. The van der Waals surface area contributed by atoms with Gasteiger partial charge in [0.05, 0.1) is 11.6 Å². The molecule has 0 spiro atoms. The van der Waals surface area contributed by atoms with E-state index in [1.807, 2.05) is 72.5 Å². The van der Waals surface area contributed by atoms with Gasteiger partial charge in [-0.25, -0.2) is 0 Å². The molecule has 0 amide bonds. The van der Waals surface area contributed by atoms with E-state index in [1.54, 1.807) is 11.8 Å². The molecule has 1 N–H and O–H groups in total. The van der Waals surface area contributed by atoms with Crippen molar-refractivity contribution < 1.29 is 4.52 Å². The van der Waals surface area contributed by atoms with Crippen molar-refractivity contribution in [3.05, 3.63) is 102 Å². The minimum absolute atomic E-state index is 0.203. The van der Waals surface area contributed by atoms with E-state index < -0.39 is 0 Å². The summed E-state index contributed by atoms with van der Waals surface area (Å²) in [7, 11) is 0. The van der Waals surface area contributed by atoms with E-state index in [-0.39, 0.29) is 6.04 Å². The summed E-state index contributed by atoms with van der Waals surface area (Å²) in [6, 6.07) is 28.2. The van der Waals surface area contributed by atoms with Gasteiger partial charge in [-0.15, -0.1) is 11.8 Å². The zero-order valence-electron chi connectivity index (χ0n) is 18.2. The maximum absolute atomic E-state index is 5.82. The lowest BCUT2D eigenvalue weighted by Gasteiger charge is -2.37. The Morgan fingerprint density at radius 1 is 0.939 bits per heavy atom. The van der Waals surface area contributed by atoms with E-state index in [1.165, 1.54) is 4.90 Å². The Morgan fingerprint density at radius 3 is 2.27 bits per heavy atom. The van der Waals surface area contributed by atoms with Gasteiger partial charge in [-0.05, 0) is 67.4 Å². The Labute approximate surface area is 202 Å². The van der Waals surface area contributed by atoms with Gasteiger partial charge >= 0.3 is 0 Å². The Morgan fingerprint density at radius 2 is 1.61 bits per heavy atom. The van der Waals surface area contributed by atoms with Crippen LogP contribution in [0, 0.1) is 0 Å². The van der Waals surface area contributed by atoms with E-state index in [2.05, 4.69) is 41.0 Å². The molecule has 4 aromatic rings. The van der Waals surface area contributed by atoms with E-state index in [0.29, 0.717) is 16.8 Å². The first kappa shape index (κ1) is 21.4. The normalized spacial score (nSPS) is 16.1. The predicted molar refractivity (Wildman–Crippen MR) is 138 cm³/mol. The number of thiocarbonyl (C=S) groups is 1. The van der Waals surface area contributed by atoms with Crippen LogP contribution in [0.25, 0.3) is 17.0 Å². The number of benzene rings is 3. The summed E-state index contributed by atoms with van der Waals surface area (Å²) in [5.74, 6) is 1.03. The minimum atomic E-state index is -0.203. The van der Waals surface area contributed by atoms with E-state index in [4.69, 9.17) is 21.7 Å². The van der Waals surface area contributed by atoms with Gasteiger partial charge in [0.1, 0.15) is 0 Å². The summed E-state index contributed by atoms with van der Waals surface area (Å²) in [5, 5.41) is 8.41. The number of allylic oxidation sites excluding steroid dienone is 1. The van der Waals surface area contributed by atoms with Crippen LogP contribution in [0.15, 0.2) is 100 Å². The molecule has 7 heteroatoms. The quantitative estimate of drug-likeness (QED) is 0.270. The number of hydrogen-bond donors (Lipinski definition) is 1. The first-order chi connectivity index (χ1) is 16.2. The average Bonchev–Trinajstić information content (AvgIpc) is 3.35. The van der Waals surface area contributed by atoms with Crippen molar-refractivity contribution in [2.75, 3.05) is 11.2 Å². The third-order valence-electron chi connectivity index (χ3n) is 5.64. The first-order valence-corrected chi connectivity index (χ1v) is 12.2.